The summed E-state index contributed by atoms with van der Waals surface area (Å²) in [6.07, 6.45) is 0. The van der Waals surface area contributed by atoms with Crippen molar-refractivity contribution >= 4 is 21.6 Å². The third kappa shape index (κ3) is 2.80. The highest BCUT2D eigenvalue weighted by Crippen LogP contribution is 2.22. The summed E-state index contributed by atoms with van der Waals surface area (Å²) in [6, 6.07) is 8.18. The van der Waals surface area contributed by atoms with Crippen molar-refractivity contribution in [3.05, 3.63) is 41.0 Å². The molecule has 2 aromatic heterocycles. The molecule has 0 aliphatic heterocycles. The first kappa shape index (κ1) is 12.3. The van der Waals surface area contributed by atoms with Gasteiger partial charge in [0.05, 0.1) is 23.3 Å². The van der Waals surface area contributed by atoms with E-state index in [-0.39, 0.29) is 0 Å². The van der Waals surface area contributed by atoms with Gasteiger partial charge in [0.25, 0.3) is 0 Å². The summed E-state index contributed by atoms with van der Waals surface area (Å²) in [5, 5.41) is 4.88. The fourth-order valence-corrected chi connectivity index (χ4v) is 2.96. The molecular formula is C13H14N4OS. The largest absolute Gasteiger partial charge is 0.338 e. The Morgan fingerprint density at radius 3 is 2.79 bits per heavy atom. The molecule has 0 fully saturated rings. The number of thiazole rings is 1. The summed E-state index contributed by atoms with van der Waals surface area (Å²) in [7, 11) is 2.02. The van der Waals surface area contributed by atoms with Gasteiger partial charge in [-0.05, 0) is 26.1 Å². The molecule has 1 aromatic carbocycles. The molecule has 0 aliphatic rings. The summed E-state index contributed by atoms with van der Waals surface area (Å²) in [4.78, 5) is 10.9. The molecular weight excluding hydrogens is 260 g/mol. The molecule has 3 aromatic rings. The van der Waals surface area contributed by atoms with E-state index in [1.165, 1.54) is 4.70 Å². The van der Waals surface area contributed by atoms with Gasteiger partial charge in [-0.25, -0.2) is 4.98 Å². The predicted octanol–water partition coefficient (Wildman–Crippen LogP) is 2.62. The van der Waals surface area contributed by atoms with Crippen molar-refractivity contribution < 1.29 is 4.52 Å². The number of nitrogens with zero attached hydrogens (tertiary/aromatic N) is 4. The summed E-state index contributed by atoms with van der Waals surface area (Å²) in [5.74, 6) is 1.31. The topological polar surface area (TPSA) is 55.1 Å². The van der Waals surface area contributed by atoms with E-state index in [9.17, 15) is 0 Å². The van der Waals surface area contributed by atoms with Gasteiger partial charge in [0.1, 0.15) is 5.01 Å². The molecule has 19 heavy (non-hydrogen) atoms. The van der Waals surface area contributed by atoms with Gasteiger partial charge in [0.2, 0.25) is 5.89 Å². The minimum Gasteiger partial charge on any atom is -0.338 e. The van der Waals surface area contributed by atoms with E-state index in [1.54, 1.807) is 11.3 Å². The number of rotatable bonds is 4. The lowest BCUT2D eigenvalue weighted by molar-refractivity contribution is 0.260. The molecule has 0 saturated carbocycles. The zero-order valence-electron chi connectivity index (χ0n) is 10.8. The van der Waals surface area contributed by atoms with Crippen LogP contribution < -0.4 is 0 Å². The Morgan fingerprint density at radius 2 is 2.05 bits per heavy atom. The first-order chi connectivity index (χ1) is 9.20. The quantitative estimate of drug-likeness (QED) is 0.732. The second-order valence-corrected chi connectivity index (χ2v) is 5.60. The number of benzene rings is 1. The van der Waals surface area contributed by atoms with E-state index < -0.39 is 0 Å². The molecule has 6 heteroatoms. The standard InChI is InChI=1S/C13H14N4OS/c1-9-14-12(18-16-9)7-17(2)8-13-15-10-5-3-4-6-11(10)19-13/h3-6H,7-8H2,1-2H3. The van der Waals surface area contributed by atoms with Crippen molar-refractivity contribution in [2.45, 2.75) is 20.0 Å². The molecule has 0 saturated heterocycles. The van der Waals surface area contributed by atoms with Crippen molar-refractivity contribution in [1.82, 2.24) is 20.0 Å². The molecule has 5 nitrogen and oxygen atoms in total. The highest BCUT2D eigenvalue weighted by atomic mass is 32.1. The van der Waals surface area contributed by atoms with Gasteiger partial charge < -0.3 is 4.52 Å². The van der Waals surface area contributed by atoms with Crippen LogP contribution >= 0.6 is 11.3 Å². The van der Waals surface area contributed by atoms with Gasteiger partial charge in [-0.15, -0.1) is 11.3 Å². The van der Waals surface area contributed by atoms with Crippen LogP contribution in [0.3, 0.4) is 0 Å². The number of fused-ring (bicyclic) bond motifs is 1. The first-order valence-corrected chi connectivity index (χ1v) is 6.84. The van der Waals surface area contributed by atoms with Crippen LogP contribution in [0, 0.1) is 6.92 Å². The molecule has 0 N–H and O–H groups in total. The summed E-state index contributed by atoms with van der Waals surface area (Å²) in [6.45, 7) is 3.23. The highest BCUT2D eigenvalue weighted by molar-refractivity contribution is 7.18. The molecule has 0 radical (unpaired) electrons. The Bertz CT molecular complexity index is 658. The third-order valence-corrected chi connectivity index (χ3v) is 3.74. The van der Waals surface area contributed by atoms with Crippen LogP contribution in [-0.4, -0.2) is 27.1 Å². The van der Waals surface area contributed by atoms with E-state index >= 15 is 0 Å². The Balaban J connectivity index is 1.70. The van der Waals surface area contributed by atoms with Gasteiger partial charge in [-0.3, -0.25) is 4.90 Å². The minimum atomic E-state index is 0.636. The Hall–Kier alpha value is -1.79. The number of aryl methyl sites for hydroxylation is 1. The summed E-state index contributed by atoms with van der Waals surface area (Å²) < 4.78 is 6.33. The van der Waals surface area contributed by atoms with E-state index in [2.05, 4.69) is 26.1 Å². The van der Waals surface area contributed by atoms with Crippen LogP contribution in [0.15, 0.2) is 28.8 Å². The number of aromatic nitrogens is 3. The average Bonchev–Trinajstić information content (AvgIpc) is 2.94. The minimum absolute atomic E-state index is 0.636. The Morgan fingerprint density at radius 1 is 1.21 bits per heavy atom. The van der Waals surface area contributed by atoms with Gasteiger partial charge in [0.15, 0.2) is 5.82 Å². The maximum absolute atomic E-state index is 5.11. The Labute approximate surface area is 114 Å². The second-order valence-electron chi connectivity index (χ2n) is 4.48. The van der Waals surface area contributed by atoms with Crippen LogP contribution in [0.2, 0.25) is 0 Å². The maximum atomic E-state index is 5.11. The molecule has 2 heterocycles. The number of hydrogen-bond acceptors (Lipinski definition) is 6. The van der Waals surface area contributed by atoms with Crippen LogP contribution in [0.5, 0.6) is 0 Å². The molecule has 0 aliphatic carbocycles. The molecule has 0 unspecified atom stereocenters. The molecule has 3 rings (SSSR count). The number of para-hydroxylation sites is 1. The Kier molecular flexibility index (Phi) is 3.27. The smallest absolute Gasteiger partial charge is 0.240 e. The van der Waals surface area contributed by atoms with Gasteiger partial charge in [-0.1, -0.05) is 17.3 Å². The first-order valence-electron chi connectivity index (χ1n) is 6.03. The van der Waals surface area contributed by atoms with Crippen molar-refractivity contribution in [3.8, 4) is 0 Å². The lowest BCUT2D eigenvalue weighted by Crippen LogP contribution is -2.17. The lowest BCUT2D eigenvalue weighted by Gasteiger charge is -2.11. The van der Waals surface area contributed by atoms with E-state index in [4.69, 9.17) is 4.52 Å². The fraction of sp³-hybridized carbons (Fsp3) is 0.308. The van der Waals surface area contributed by atoms with Crippen LogP contribution in [-0.2, 0) is 13.1 Å². The molecule has 0 amide bonds. The van der Waals surface area contributed by atoms with E-state index in [0.717, 1.165) is 17.1 Å². The van der Waals surface area contributed by atoms with Crippen LogP contribution in [0.1, 0.15) is 16.7 Å². The summed E-state index contributed by atoms with van der Waals surface area (Å²) >= 11 is 1.72. The average molecular weight is 274 g/mol. The monoisotopic (exact) mass is 274 g/mol. The lowest BCUT2D eigenvalue weighted by atomic mass is 10.3. The van der Waals surface area contributed by atoms with Gasteiger partial charge >= 0.3 is 0 Å². The fourth-order valence-electron chi connectivity index (χ4n) is 1.91. The molecule has 0 bridgehead atoms. The second kappa shape index (κ2) is 5.07. The highest BCUT2D eigenvalue weighted by Gasteiger charge is 2.10. The van der Waals surface area contributed by atoms with Gasteiger partial charge in [0, 0.05) is 0 Å². The zero-order chi connectivity index (χ0) is 13.2. The normalized spacial score (nSPS) is 11.5. The predicted molar refractivity (Wildman–Crippen MR) is 73.8 cm³/mol. The molecule has 0 spiro atoms. The van der Waals surface area contributed by atoms with Crippen LogP contribution in [0.25, 0.3) is 10.2 Å². The van der Waals surface area contributed by atoms with Gasteiger partial charge in [-0.2, -0.15) is 4.98 Å². The van der Waals surface area contributed by atoms with Crippen molar-refractivity contribution in [3.63, 3.8) is 0 Å². The van der Waals surface area contributed by atoms with Crippen molar-refractivity contribution in [1.29, 1.82) is 0 Å². The third-order valence-electron chi connectivity index (χ3n) is 2.72. The molecule has 98 valence electrons. The number of hydrogen-bond donors (Lipinski definition) is 0. The van der Waals surface area contributed by atoms with Crippen LogP contribution in [0.4, 0.5) is 0 Å². The van der Waals surface area contributed by atoms with E-state index in [0.29, 0.717) is 18.3 Å². The summed E-state index contributed by atoms with van der Waals surface area (Å²) in [5.41, 5.74) is 1.06. The maximum Gasteiger partial charge on any atom is 0.240 e. The molecule has 0 atom stereocenters. The SMILES string of the molecule is Cc1noc(CN(C)Cc2nc3ccccc3s2)n1. The van der Waals surface area contributed by atoms with E-state index in [1.807, 2.05) is 32.2 Å². The zero-order valence-corrected chi connectivity index (χ0v) is 11.6. The van der Waals surface area contributed by atoms with Crippen molar-refractivity contribution in [2.24, 2.45) is 0 Å². The van der Waals surface area contributed by atoms with Crippen molar-refractivity contribution in [2.75, 3.05) is 7.05 Å².